The molecule has 1 aliphatic rings. The fraction of sp³-hybridized carbons (Fsp3) is 1.00. The van der Waals surface area contributed by atoms with Crippen LogP contribution in [0.3, 0.4) is 0 Å². The van der Waals surface area contributed by atoms with Gasteiger partial charge in [0, 0.05) is 6.04 Å². The van der Waals surface area contributed by atoms with E-state index in [9.17, 15) is 0 Å². The lowest BCUT2D eigenvalue weighted by Gasteiger charge is -2.26. The molecule has 1 unspecified atom stereocenters. The van der Waals surface area contributed by atoms with Crippen molar-refractivity contribution in [3.05, 3.63) is 0 Å². The second-order valence-electron chi connectivity index (χ2n) is 5.15. The van der Waals surface area contributed by atoms with Crippen LogP contribution in [0.15, 0.2) is 0 Å². The molecule has 2 nitrogen and oxygen atoms in total. The predicted molar refractivity (Wildman–Crippen MR) is 61.8 cm³/mol. The van der Waals surface area contributed by atoms with E-state index in [1.807, 2.05) is 0 Å². The van der Waals surface area contributed by atoms with Crippen molar-refractivity contribution >= 4 is 0 Å². The minimum Gasteiger partial charge on any atom is -0.271 e. The topological polar surface area (TPSA) is 38.0 Å². The molecule has 2 heteroatoms. The highest BCUT2D eigenvalue weighted by atomic mass is 15.2. The molecule has 0 aliphatic heterocycles. The van der Waals surface area contributed by atoms with E-state index >= 15 is 0 Å². The minimum absolute atomic E-state index is 0.549. The van der Waals surface area contributed by atoms with Gasteiger partial charge in [-0.05, 0) is 31.1 Å². The van der Waals surface area contributed by atoms with E-state index in [0.29, 0.717) is 6.04 Å². The molecule has 0 saturated heterocycles. The lowest BCUT2D eigenvalue weighted by molar-refractivity contribution is 0.282. The van der Waals surface area contributed by atoms with Crippen molar-refractivity contribution in [1.29, 1.82) is 0 Å². The average molecular weight is 198 g/mol. The maximum Gasteiger partial charge on any atom is 0.0241 e. The van der Waals surface area contributed by atoms with Crippen LogP contribution in [0.1, 0.15) is 58.8 Å². The normalized spacial score (nSPS) is 22.3. The Morgan fingerprint density at radius 2 is 1.71 bits per heavy atom. The van der Waals surface area contributed by atoms with Gasteiger partial charge in [-0.15, -0.1) is 0 Å². The highest BCUT2D eigenvalue weighted by Crippen LogP contribution is 2.27. The first-order valence-corrected chi connectivity index (χ1v) is 6.20. The molecule has 0 radical (unpaired) electrons. The second-order valence-corrected chi connectivity index (χ2v) is 5.15. The Morgan fingerprint density at radius 1 is 1.14 bits per heavy atom. The number of rotatable bonds is 4. The van der Waals surface area contributed by atoms with Crippen LogP contribution in [0.5, 0.6) is 0 Å². The Labute approximate surface area is 88.6 Å². The largest absolute Gasteiger partial charge is 0.271 e. The van der Waals surface area contributed by atoms with E-state index in [1.165, 1.54) is 44.9 Å². The van der Waals surface area contributed by atoms with Crippen molar-refractivity contribution in [3.63, 3.8) is 0 Å². The first-order chi connectivity index (χ1) is 6.74. The van der Waals surface area contributed by atoms with Crippen molar-refractivity contribution in [2.75, 3.05) is 0 Å². The fourth-order valence-corrected chi connectivity index (χ4v) is 2.62. The molecular weight excluding hydrogens is 172 g/mol. The average Bonchev–Trinajstić information content (AvgIpc) is 2.41. The van der Waals surface area contributed by atoms with Gasteiger partial charge in [-0.25, -0.2) is 0 Å². The molecule has 3 N–H and O–H groups in total. The summed E-state index contributed by atoms with van der Waals surface area (Å²) in [5.74, 6) is 7.23. The van der Waals surface area contributed by atoms with E-state index in [1.54, 1.807) is 0 Å². The number of hydrogen-bond donors (Lipinski definition) is 2. The first-order valence-electron chi connectivity index (χ1n) is 6.20. The molecular formula is C12H26N2. The van der Waals surface area contributed by atoms with E-state index in [2.05, 4.69) is 19.3 Å². The summed E-state index contributed by atoms with van der Waals surface area (Å²) >= 11 is 0. The molecule has 84 valence electrons. The molecule has 0 bridgehead atoms. The molecule has 1 aliphatic carbocycles. The van der Waals surface area contributed by atoms with Crippen LogP contribution >= 0.6 is 0 Å². The van der Waals surface area contributed by atoms with Crippen molar-refractivity contribution in [1.82, 2.24) is 5.43 Å². The molecule has 1 saturated carbocycles. The molecule has 14 heavy (non-hydrogen) atoms. The van der Waals surface area contributed by atoms with Gasteiger partial charge in [-0.1, -0.05) is 39.5 Å². The summed E-state index contributed by atoms with van der Waals surface area (Å²) in [5, 5.41) is 0. The standard InChI is InChI=1S/C12H26N2/c1-10(2)9-12(14-13)11-7-5-3-4-6-8-11/h10-12,14H,3-9,13H2,1-2H3. The molecule has 1 rings (SSSR count). The van der Waals surface area contributed by atoms with Crippen LogP contribution in [-0.4, -0.2) is 6.04 Å². The number of nitrogens with one attached hydrogen (secondary N) is 1. The Morgan fingerprint density at radius 3 is 2.14 bits per heavy atom. The third-order valence-corrected chi connectivity index (χ3v) is 3.41. The molecule has 0 heterocycles. The second kappa shape index (κ2) is 6.41. The van der Waals surface area contributed by atoms with Gasteiger partial charge in [-0.3, -0.25) is 11.3 Å². The smallest absolute Gasteiger partial charge is 0.0241 e. The monoisotopic (exact) mass is 198 g/mol. The summed E-state index contributed by atoms with van der Waals surface area (Å²) in [4.78, 5) is 0. The van der Waals surface area contributed by atoms with E-state index < -0.39 is 0 Å². The van der Waals surface area contributed by atoms with Crippen molar-refractivity contribution < 1.29 is 0 Å². The SMILES string of the molecule is CC(C)CC(NN)C1CCCCCC1. The lowest BCUT2D eigenvalue weighted by Crippen LogP contribution is -2.41. The van der Waals surface area contributed by atoms with E-state index in [4.69, 9.17) is 5.84 Å². The van der Waals surface area contributed by atoms with Gasteiger partial charge < -0.3 is 0 Å². The number of hydrogen-bond acceptors (Lipinski definition) is 2. The molecule has 0 aromatic carbocycles. The summed E-state index contributed by atoms with van der Waals surface area (Å²) in [6.07, 6.45) is 9.64. The summed E-state index contributed by atoms with van der Waals surface area (Å²) in [6, 6.07) is 0.549. The minimum atomic E-state index is 0.549. The van der Waals surface area contributed by atoms with Crippen LogP contribution in [0.2, 0.25) is 0 Å². The molecule has 0 amide bonds. The molecule has 1 fully saturated rings. The molecule has 1 atom stereocenters. The summed E-state index contributed by atoms with van der Waals surface area (Å²) < 4.78 is 0. The Hall–Kier alpha value is -0.0800. The van der Waals surface area contributed by atoms with Gasteiger partial charge in [0.1, 0.15) is 0 Å². The van der Waals surface area contributed by atoms with Crippen molar-refractivity contribution in [2.45, 2.75) is 64.8 Å². The van der Waals surface area contributed by atoms with Gasteiger partial charge in [0.05, 0.1) is 0 Å². The van der Waals surface area contributed by atoms with Crippen LogP contribution < -0.4 is 11.3 Å². The first kappa shape index (κ1) is 12.0. The van der Waals surface area contributed by atoms with E-state index in [0.717, 1.165) is 11.8 Å². The van der Waals surface area contributed by atoms with Crippen LogP contribution in [0.4, 0.5) is 0 Å². The maximum absolute atomic E-state index is 5.65. The Balaban J connectivity index is 2.40. The van der Waals surface area contributed by atoms with Crippen LogP contribution in [0.25, 0.3) is 0 Å². The lowest BCUT2D eigenvalue weighted by atomic mass is 9.87. The van der Waals surface area contributed by atoms with Gasteiger partial charge in [-0.2, -0.15) is 0 Å². The molecule has 0 aromatic heterocycles. The molecule has 0 spiro atoms. The Bertz CT molecular complexity index is 137. The van der Waals surface area contributed by atoms with Crippen LogP contribution in [0, 0.1) is 11.8 Å². The zero-order valence-electron chi connectivity index (χ0n) is 9.76. The maximum atomic E-state index is 5.65. The fourth-order valence-electron chi connectivity index (χ4n) is 2.62. The Kier molecular flexibility index (Phi) is 5.49. The third-order valence-electron chi connectivity index (χ3n) is 3.41. The number of nitrogens with two attached hydrogens (primary N) is 1. The quantitative estimate of drug-likeness (QED) is 0.414. The van der Waals surface area contributed by atoms with E-state index in [-0.39, 0.29) is 0 Å². The summed E-state index contributed by atoms with van der Waals surface area (Å²) in [6.45, 7) is 4.56. The summed E-state index contributed by atoms with van der Waals surface area (Å²) in [7, 11) is 0. The number of hydrazine groups is 1. The third kappa shape index (κ3) is 3.97. The molecule has 0 aromatic rings. The highest BCUT2D eigenvalue weighted by Gasteiger charge is 2.22. The van der Waals surface area contributed by atoms with Gasteiger partial charge >= 0.3 is 0 Å². The zero-order chi connectivity index (χ0) is 10.4. The van der Waals surface area contributed by atoms with Gasteiger partial charge in [0.2, 0.25) is 0 Å². The zero-order valence-corrected chi connectivity index (χ0v) is 9.76. The van der Waals surface area contributed by atoms with Crippen molar-refractivity contribution in [3.8, 4) is 0 Å². The highest BCUT2D eigenvalue weighted by molar-refractivity contribution is 4.77. The van der Waals surface area contributed by atoms with Gasteiger partial charge in [0.15, 0.2) is 0 Å². The van der Waals surface area contributed by atoms with Gasteiger partial charge in [0.25, 0.3) is 0 Å². The predicted octanol–water partition coefficient (Wildman–Crippen LogP) is 2.83. The van der Waals surface area contributed by atoms with Crippen molar-refractivity contribution in [2.24, 2.45) is 17.7 Å². The van der Waals surface area contributed by atoms with Crippen LogP contribution in [-0.2, 0) is 0 Å². The summed E-state index contributed by atoms with van der Waals surface area (Å²) in [5.41, 5.74) is 3.03.